The number of anilines is 1. The molecular formula is C16H26N2O. The monoisotopic (exact) mass is 262 g/mol. The summed E-state index contributed by atoms with van der Waals surface area (Å²) in [6.45, 7) is 4.71. The topological polar surface area (TPSA) is 34.2 Å². The summed E-state index contributed by atoms with van der Waals surface area (Å²) in [5, 5.41) is 3.36. The number of hydrogen-bond acceptors (Lipinski definition) is 3. The Bertz CT molecular complexity index is 362. The molecule has 1 aliphatic rings. The molecule has 0 atom stereocenters. The summed E-state index contributed by atoms with van der Waals surface area (Å²) in [5.41, 5.74) is 1.17. The third kappa shape index (κ3) is 4.83. The fourth-order valence-electron chi connectivity index (χ4n) is 2.65. The molecule has 1 fully saturated rings. The lowest BCUT2D eigenvalue weighted by molar-refractivity contribution is 0.0741. The van der Waals surface area contributed by atoms with Crippen LogP contribution in [0.2, 0.25) is 0 Å². The van der Waals surface area contributed by atoms with Crippen molar-refractivity contribution in [2.45, 2.75) is 52.1 Å². The lowest BCUT2D eigenvalue weighted by Crippen LogP contribution is -2.14. The second-order valence-electron chi connectivity index (χ2n) is 5.46. The summed E-state index contributed by atoms with van der Waals surface area (Å²) in [4.78, 5) is 4.39. The number of ether oxygens (including phenoxy) is 1. The van der Waals surface area contributed by atoms with E-state index in [2.05, 4.69) is 23.3 Å². The summed E-state index contributed by atoms with van der Waals surface area (Å²) < 4.78 is 5.90. The molecule has 0 bridgehead atoms. The largest absolute Gasteiger partial charge is 0.376 e. The molecule has 106 valence electrons. The summed E-state index contributed by atoms with van der Waals surface area (Å²) >= 11 is 0. The van der Waals surface area contributed by atoms with Crippen LogP contribution in [0.15, 0.2) is 18.3 Å². The zero-order valence-corrected chi connectivity index (χ0v) is 12.0. The number of nitrogens with one attached hydrogen (secondary N) is 1. The molecule has 0 aliphatic heterocycles. The van der Waals surface area contributed by atoms with Crippen LogP contribution in [0.5, 0.6) is 0 Å². The first kappa shape index (κ1) is 14.3. The molecule has 0 saturated heterocycles. The van der Waals surface area contributed by atoms with Gasteiger partial charge in [0.1, 0.15) is 5.82 Å². The fraction of sp³-hybridized carbons (Fsp3) is 0.688. The highest BCUT2D eigenvalue weighted by Crippen LogP contribution is 2.24. The Morgan fingerprint density at radius 2 is 2.16 bits per heavy atom. The van der Waals surface area contributed by atoms with E-state index in [0.29, 0.717) is 6.61 Å². The molecule has 0 unspecified atom stereocenters. The number of aromatic nitrogens is 1. The zero-order chi connectivity index (χ0) is 13.3. The lowest BCUT2D eigenvalue weighted by Gasteiger charge is -2.21. The van der Waals surface area contributed by atoms with Gasteiger partial charge >= 0.3 is 0 Å². The lowest BCUT2D eigenvalue weighted by atomic mass is 9.90. The van der Waals surface area contributed by atoms with Gasteiger partial charge in [0, 0.05) is 24.9 Å². The molecule has 3 heteroatoms. The highest BCUT2D eigenvalue weighted by molar-refractivity contribution is 5.43. The van der Waals surface area contributed by atoms with E-state index in [-0.39, 0.29) is 0 Å². The molecule has 2 rings (SSSR count). The maximum atomic E-state index is 5.90. The molecule has 3 nitrogen and oxygen atoms in total. The van der Waals surface area contributed by atoms with Crippen LogP contribution in [0, 0.1) is 5.92 Å². The van der Waals surface area contributed by atoms with E-state index in [9.17, 15) is 0 Å². The average Bonchev–Trinajstić information content (AvgIpc) is 2.47. The Morgan fingerprint density at radius 3 is 2.95 bits per heavy atom. The number of rotatable bonds is 7. The van der Waals surface area contributed by atoms with Gasteiger partial charge in [-0.05, 0) is 31.2 Å². The van der Waals surface area contributed by atoms with Crippen molar-refractivity contribution in [2.24, 2.45) is 5.92 Å². The first-order valence-corrected chi connectivity index (χ1v) is 7.65. The number of nitrogens with zero attached hydrogens (tertiary/aromatic N) is 1. The van der Waals surface area contributed by atoms with E-state index < -0.39 is 0 Å². The minimum absolute atomic E-state index is 0.677. The second kappa shape index (κ2) is 8.16. The summed E-state index contributed by atoms with van der Waals surface area (Å²) in [6, 6.07) is 4.09. The SMILES string of the molecule is CCCNc1ncccc1COCC1CCCCC1. The fourth-order valence-corrected chi connectivity index (χ4v) is 2.65. The quantitative estimate of drug-likeness (QED) is 0.806. The van der Waals surface area contributed by atoms with Gasteiger partial charge in [-0.15, -0.1) is 0 Å². The molecule has 1 aliphatic carbocycles. The summed E-state index contributed by atoms with van der Waals surface area (Å²) in [7, 11) is 0. The Hall–Kier alpha value is -1.09. The van der Waals surface area contributed by atoms with Gasteiger partial charge in [-0.25, -0.2) is 4.98 Å². The molecule has 1 saturated carbocycles. The van der Waals surface area contributed by atoms with Crippen LogP contribution in [0.3, 0.4) is 0 Å². The van der Waals surface area contributed by atoms with E-state index in [4.69, 9.17) is 4.74 Å². The first-order chi connectivity index (χ1) is 9.40. The minimum atomic E-state index is 0.677. The maximum absolute atomic E-state index is 5.90. The molecule has 1 aromatic heterocycles. The Labute approximate surface area is 116 Å². The van der Waals surface area contributed by atoms with E-state index in [1.54, 1.807) is 0 Å². The standard InChI is InChI=1S/C16H26N2O/c1-2-10-17-16-15(9-6-11-18-16)13-19-12-14-7-4-3-5-8-14/h6,9,11,14H,2-5,7-8,10,12-13H2,1H3,(H,17,18). The van der Waals surface area contributed by atoms with Crippen molar-refractivity contribution in [3.05, 3.63) is 23.9 Å². The Kier molecular flexibility index (Phi) is 6.15. The van der Waals surface area contributed by atoms with Crippen LogP contribution in [-0.4, -0.2) is 18.1 Å². The van der Waals surface area contributed by atoms with Gasteiger partial charge in [-0.2, -0.15) is 0 Å². The van der Waals surface area contributed by atoms with Crippen LogP contribution >= 0.6 is 0 Å². The predicted octanol–water partition coefficient (Wildman–Crippen LogP) is 4.00. The smallest absolute Gasteiger partial charge is 0.131 e. The van der Waals surface area contributed by atoms with Gasteiger partial charge in [0.15, 0.2) is 0 Å². The molecule has 0 aromatic carbocycles. The summed E-state index contributed by atoms with van der Waals surface area (Å²) in [5.74, 6) is 1.76. The van der Waals surface area contributed by atoms with Gasteiger partial charge in [0.05, 0.1) is 6.61 Å². The highest BCUT2D eigenvalue weighted by atomic mass is 16.5. The summed E-state index contributed by atoms with van der Waals surface area (Å²) in [6.07, 6.45) is 9.79. The molecular weight excluding hydrogens is 236 g/mol. The maximum Gasteiger partial charge on any atom is 0.131 e. The highest BCUT2D eigenvalue weighted by Gasteiger charge is 2.13. The molecule has 19 heavy (non-hydrogen) atoms. The zero-order valence-electron chi connectivity index (χ0n) is 12.0. The Morgan fingerprint density at radius 1 is 1.32 bits per heavy atom. The first-order valence-electron chi connectivity index (χ1n) is 7.65. The van der Waals surface area contributed by atoms with Crippen molar-refractivity contribution in [1.29, 1.82) is 0 Å². The average molecular weight is 262 g/mol. The van der Waals surface area contributed by atoms with Crippen molar-refractivity contribution < 1.29 is 4.74 Å². The predicted molar refractivity (Wildman–Crippen MR) is 79.2 cm³/mol. The van der Waals surface area contributed by atoms with Crippen LogP contribution in [0.4, 0.5) is 5.82 Å². The van der Waals surface area contributed by atoms with Crippen LogP contribution in [0.25, 0.3) is 0 Å². The molecule has 1 heterocycles. The minimum Gasteiger partial charge on any atom is -0.376 e. The van der Waals surface area contributed by atoms with Crippen LogP contribution < -0.4 is 5.32 Å². The van der Waals surface area contributed by atoms with Crippen LogP contribution in [-0.2, 0) is 11.3 Å². The van der Waals surface area contributed by atoms with Crippen molar-refractivity contribution in [3.63, 3.8) is 0 Å². The number of hydrogen-bond donors (Lipinski definition) is 1. The Balaban J connectivity index is 1.77. The number of pyridine rings is 1. The van der Waals surface area contributed by atoms with Crippen molar-refractivity contribution in [2.75, 3.05) is 18.5 Å². The van der Waals surface area contributed by atoms with E-state index in [0.717, 1.165) is 31.3 Å². The normalized spacial score (nSPS) is 16.5. The van der Waals surface area contributed by atoms with Gasteiger partial charge in [0.2, 0.25) is 0 Å². The molecule has 1 N–H and O–H groups in total. The third-order valence-corrected chi connectivity index (χ3v) is 3.77. The van der Waals surface area contributed by atoms with E-state index in [1.165, 1.54) is 37.7 Å². The molecule has 0 amide bonds. The van der Waals surface area contributed by atoms with E-state index >= 15 is 0 Å². The van der Waals surface area contributed by atoms with Gasteiger partial charge in [-0.3, -0.25) is 0 Å². The van der Waals surface area contributed by atoms with Crippen molar-refractivity contribution in [1.82, 2.24) is 4.98 Å². The van der Waals surface area contributed by atoms with Gasteiger partial charge in [-0.1, -0.05) is 32.3 Å². The van der Waals surface area contributed by atoms with Gasteiger partial charge in [0.25, 0.3) is 0 Å². The third-order valence-electron chi connectivity index (χ3n) is 3.77. The molecule has 1 aromatic rings. The van der Waals surface area contributed by atoms with Crippen molar-refractivity contribution >= 4 is 5.82 Å². The second-order valence-corrected chi connectivity index (χ2v) is 5.46. The van der Waals surface area contributed by atoms with Gasteiger partial charge < -0.3 is 10.1 Å². The molecule has 0 spiro atoms. The van der Waals surface area contributed by atoms with E-state index in [1.807, 2.05) is 12.3 Å². The van der Waals surface area contributed by atoms with Crippen LogP contribution in [0.1, 0.15) is 51.0 Å². The van der Waals surface area contributed by atoms with Crippen molar-refractivity contribution in [3.8, 4) is 0 Å². The molecule has 0 radical (unpaired) electrons.